The first-order chi connectivity index (χ1) is 12.5. The lowest BCUT2D eigenvalue weighted by Crippen LogP contribution is -2.22. The lowest BCUT2D eigenvalue weighted by Gasteiger charge is -2.23. The number of hydrogen-bond donors (Lipinski definition) is 0. The molecule has 0 bridgehead atoms. The van der Waals surface area contributed by atoms with E-state index in [-0.39, 0.29) is 11.9 Å². The minimum atomic E-state index is -0.265. The molecule has 0 spiro atoms. The van der Waals surface area contributed by atoms with Crippen molar-refractivity contribution in [3.8, 4) is 5.75 Å². The summed E-state index contributed by atoms with van der Waals surface area (Å²) >= 11 is 0. The van der Waals surface area contributed by atoms with E-state index < -0.39 is 0 Å². The van der Waals surface area contributed by atoms with Crippen LogP contribution in [0, 0.1) is 5.82 Å². The molecule has 1 heterocycles. The second-order valence-corrected chi connectivity index (χ2v) is 6.28. The molecule has 3 aromatic rings. The van der Waals surface area contributed by atoms with Crippen LogP contribution in [0.2, 0.25) is 0 Å². The van der Waals surface area contributed by atoms with Crippen LogP contribution in [0.3, 0.4) is 0 Å². The zero-order valence-electron chi connectivity index (χ0n) is 15.1. The van der Waals surface area contributed by atoms with Gasteiger partial charge >= 0.3 is 0 Å². The Hall–Kier alpha value is -2.73. The van der Waals surface area contributed by atoms with Gasteiger partial charge in [-0.1, -0.05) is 29.4 Å². The Balaban J connectivity index is 1.62. The Morgan fingerprint density at radius 2 is 1.96 bits per heavy atom. The van der Waals surface area contributed by atoms with Crippen LogP contribution in [-0.2, 0) is 13.0 Å². The smallest absolute Gasteiger partial charge is 0.240 e. The van der Waals surface area contributed by atoms with Crippen LogP contribution in [-0.4, -0.2) is 29.2 Å². The first-order valence-corrected chi connectivity index (χ1v) is 8.45. The van der Waals surface area contributed by atoms with Crippen LogP contribution < -0.4 is 4.74 Å². The lowest BCUT2D eigenvalue weighted by atomic mass is 10.1. The molecule has 0 fully saturated rings. The quantitative estimate of drug-likeness (QED) is 0.641. The number of benzene rings is 2. The molecule has 26 heavy (non-hydrogen) atoms. The SMILES string of the molecule is COc1ccc([C@H](C)N(C)Cc2nc(Cc3cccc(F)c3)no2)cc1. The molecule has 0 unspecified atom stereocenters. The van der Waals surface area contributed by atoms with Crippen molar-refractivity contribution in [3.05, 3.63) is 77.2 Å². The van der Waals surface area contributed by atoms with E-state index in [1.807, 2.05) is 37.4 Å². The highest BCUT2D eigenvalue weighted by molar-refractivity contribution is 5.28. The van der Waals surface area contributed by atoms with Crippen molar-refractivity contribution in [1.82, 2.24) is 15.0 Å². The molecule has 1 aromatic heterocycles. The van der Waals surface area contributed by atoms with E-state index in [9.17, 15) is 4.39 Å². The van der Waals surface area contributed by atoms with Gasteiger partial charge in [0.25, 0.3) is 0 Å². The Bertz CT molecular complexity index is 848. The summed E-state index contributed by atoms with van der Waals surface area (Å²) in [6, 6.07) is 14.6. The third-order valence-corrected chi connectivity index (χ3v) is 4.41. The van der Waals surface area contributed by atoms with Gasteiger partial charge in [0, 0.05) is 12.5 Å². The summed E-state index contributed by atoms with van der Waals surface area (Å²) in [4.78, 5) is 6.54. The van der Waals surface area contributed by atoms with Crippen molar-refractivity contribution in [3.63, 3.8) is 0 Å². The third-order valence-electron chi connectivity index (χ3n) is 4.41. The highest BCUT2D eigenvalue weighted by atomic mass is 19.1. The van der Waals surface area contributed by atoms with Crippen molar-refractivity contribution in [2.75, 3.05) is 14.2 Å². The number of nitrogens with zero attached hydrogens (tertiary/aromatic N) is 3. The molecule has 0 saturated carbocycles. The van der Waals surface area contributed by atoms with Crippen LogP contribution >= 0.6 is 0 Å². The Kier molecular flexibility index (Phi) is 5.63. The van der Waals surface area contributed by atoms with Gasteiger partial charge in [-0.25, -0.2) is 4.39 Å². The summed E-state index contributed by atoms with van der Waals surface area (Å²) in [6.45, 7) is 2.65. The number of halogens is 1. The molecule has 0 amide bonds. The van der Waals surface area contributed by atoms with Crippen molar-refractivity contribution < 1.29 is 13.7 Å². The molecule has 0 aliphatic carbocycles. The maximum absolute atomic E-state index is 13.3. The second-order valence-electron chi connectivity index (χ2n) is 6.28. The van der Waals surface area contributed by atoms with Crippen LogP contribution in [0.25, 0.3) is 0 Å². The monoisotopic (exact) mass is 355 g/mol. The molecule has 0 saturated heterocycles. The Morgan fingerprint density at radius 1 is 1.19 bits per heavy atom. The average molecular weight is 355 g/mol. The van der Waals surface area contributed by atoms with Gasteiger partial charge in [-0.05, 0) is 49.4 Å². The summed E-state index contributed by atoms with van der Waals surface area (Å²) in [7, 11) is 3.66. The van der Waals surface area contributed by atoms with Crippen LogP contribution in [0.1, 0.15) is 35.8 Å². The van der Waals surface area contributed by atoms with E-state index in [0.717, 1.165) is 11.3 Å². The van der Waals surface area contributed by atoms with E-state index in [1.54, 1.807) is 13.2 Å². The fraction of sp³-hybridized carbons (Fsp3) is 0.300. The van der Waals surface area contributed by atoms with Crippen molar-refractivity contribution in [2.45, 2.75) is 25.9 Å². The molecular formula is C20H22FN3O2. The second kappa shape index (κ2) is 8.10. The largest absolute Gasteiger partial charge is 0.497 e. The first-order valence-electron chi connectivity index (χ1n) is 8.45. The molecule has 1 atom stereocenters. The molecule has 0 aliphatic heterocycles. The van der Waals surface area contributed by atoms with Gasteiger partial charge in [0.2, 0.25) is 5.89 Å². The zero-order chi connectivity index (χ0) is 18.5. The Labute approximate surface area is 152 Å². The van der Waals surface area contributed by atoms with Crippen molar-refractivity contribution >= 4 is 0 Å². The average Bonchev–Trinajstić information content (AvgIpc) is 3.08. The lowest BCUT2D eigenvalue weighted by molar-refractivity contribution is 0.216. The predicted octanol–water partition coefficient (Wildman–Crippen LogP) is 4.00. The number of methoxy groups -OCH3 is 1. The minimum absolute atomic E-state index is 0.180. The van der Waals surface area contributed by atoms with Gasteiger partial charge < -0.3 is 9.26 Å². The molecule has 6 heteroatoms. The highest BCUT2D eigenvalue weighted by Crippen LogP contribution is 2.22. The highest BCUT2D eigenvalue weighted by Gasteiger charge is 2.16. The topological polar surface area (TPSA) is 51.4 Å². The van der Waals surface area contributed by atoms with Crippen LogP contribution in [0.15, 0.2) is 53.1 Å². The molecular weight excluding hydrogens is 333 g/mol. The fourth-order valence-electron chi connectivity index (χ4n) is 2.74. The van der Waals surface area contributed by atoms with Gasteiger partial charge in [-0.3, -0.25) is 4.90 Å². The maximum Gasteiger partial charge on any atom is 0.240 e. The van der Waals surface area contributed by atoms with Crippen molar-refractivity contribution in [1.29, 1.82) is 0 Å². The number of rotatable bonds is 7. The van der Waals surface area contributed by atoms with E-state index >= 15 is 0 Å². The fourth-order valence-corrected chi connectivity index (χ4v) is 2.74. The molecule has 5 nitrogen and oxygen atoms in total. The van der Waals surface area contributed by atoms with Crippen LogP contribution in [0.5, 0.6) is 5.75 Å². The van der Waals surface area contributed by atoms with Gasteiger partial charge in [0.05, 0.1) is 13.7 Å². The van der Waals surface area contributed by atoms with E-state index in [1.165, 1.54) is 17.7 Å². The van der Waals surface area contributed by atoms with E-state index in [4.69, 9.17) is 9.26 Å². The number of hydrogen-bond acceptors (Lipinski definition) is 5. The molecule has 0 radical (unpaired) electrons. The summed E-state index contributed by atoms with van der Waals surface area (Å²) < 4.78 is 23.8. The van der Waals surface area contributed by atoms with Gasteiger partial charge in [0.15, 0.2) is 5.82 Å². The van der Waals surface area contributed by atoms with E-state index in [0.29, 0.717) is 24.7 Å². The van der Waals surface area contributed by atoms with Crippen LogP contribution in [0.4, 0.5) is 4.39 Å². The van der Waals surface area contributed by atoms with E-state index in [2.05, 4.69) is 22.0 Å². The maximum atomic E-state index is 13.3. The van der Waals surface area contributed by atoms with Gasteiger partial charge in [0.1, 0.15) is 11.6 Å². The summed E-state index contributed by atoms with van der Waals surface area (Å²) in [6.07, 6.45) is 0.443. The Morgan fingerprint density at radius 3 is 2.65 bits per heavy atom. The molecule has 2 aromatic carbocycles. The zero-order valence-corrected chi connectivity index (χ0v) is 15.1. The number of ether oxygens (including phenoxy) is 1. The molecule has 0 aliphatic rings. The summed E-state index contributed by atoms with van der Waals surface area (Å²) in [5.41, 5.74) is 1.99. The van der Waals surface area contributed by atoms with Crippen molar-refractivity contribution in [2.24, 2.45) is 0 Å². The molecule has 136 valence electrons. The predicted molar refractivity (Wildman–Crippen MR) is 96.4 cm³/mol. The normalized spacial score (nSPS) is 12.3. The van der Waals surface area contributed by atoms with Gasteiger partial charge in [-0.2, -0.15) is 4.98 Å². The standard InChI is InChI=1S/C20H22FN3O2/c1-14(16-7-9-18(25-3)10-8-16)24(2)13-20-22-19(23-26-20)12-15-5-4-6-17(21)11-15/h4-11,14H,12-13H2,1-3H3/t14-/m0/s1. The third kappa shape index (κ3) is 4.46. The molecule has 3 rings (SSSR count). The first kappa shape index (κ1) is 18.1. The molecule has 0 N–H and O–H groups in total. The summed E-state index contributed by atoms with van der Waals surface area (Å²) in [5.74, 6) is 1.66. The van der Waals surface area contributed by atoms with Gasteiger partial charge in [-0.15, -0.1) is 0 Å². The minimum Gasteiger partial charge on any atom is -0.497 e. The summed E-state index contributed by atoms with van der Waals surface area (Å²) in [5, 5.41) is 4.00. The number of aromatic nitrogens is 2.